The van der Waals surface area contributed by atoms with Crippen molar-refractivity contribution in [3.8, 4) is 5.88 Å². The molecule has 1 amide bonds. The van der Waals surface area contributed by atoms with E-state index in [2.05, 4.69) is 21.0 Å². The molecule has 1 aromatic carbocycles. The lowest BCUT2D eigenvalue weighted by atomic mass is 10.2. The first-order valence-electron chi connectivity index (χ1n) is 8.03. The second-order valence-electron chi connectivity index (χ2n) is 6.26. The summed E-state index contributed by atoms with van der Waals surface area (Å²) >= 11 is 3.47. The summed E-state index contributed by atoms with van der Waals surface area (Å²) in [6.07, 6.45) is 3.77. The van der Waals surface area contributed by atoms with Crippen LogP contribution in [0, 0.1) is 5.92 Å². The predicted octanol–water partition coefficient (Wildman–Crippen LogP) is 3.36. The van der Waals surface area contributed by atoms with Crippen LogP contribution in [0.4, 0.5) is 0 Å². The number of aryl methyl sites for hydroxylation is 1. The average molecular weight is 380 g/mol. The van der Waals surface area contributed by atoms with Crippen LogP contribution in [0.1, 0.15) is 25.7 Å². The van der Waals surface area contributed by atoms with E-state index in [0.717, 1.165) is 27.8 Å². The van der Waals surface area contributed by atoms with Crippen molar-refractivity contribution in [1.82, 2.24) is 14.7 Å². The van der Waals surface area contributed by atoms with Gasteiger partial charge in [-0.2, -0.15) is 0 Å². The third-order valence-electron chi connectivity index (χ3n) is 4.21. The van der Waals surface area contributed by atoms with Gasteiger partial charge in [-0.1, -0.05) is 15.9 Å². The molecule has 6 heteroatoms. The molecule has 1 saturated carbocycles. The molecule has 0 radical (unpaired) electrons. The van der Waals surface area contributed by atoms with Gasteiger partial charge < -0.3 is 9.64 Å². The Hall–Kier alpha value is -1.56. The summed E-state index contributed by atoms with van der Waals surface area (Å²) in [5.41, 5.74) is 1.03. The van der Waals surface area contributed by atoms with Gasteiger partial charge in [0.1, 0.15) is 0 Å². The van der Waals surface area contributed by atoms with Crippen LogP contribution in [-0.2, 0) is 11.8 Å². The van der Waals surface area contributed by atoms with E-state index in [1.54, 1.807) is 0 Å². The maximum Gasteiger partial charge on any atom is 0.240 e. The predicted molar refractivity (Wildman–Crippen MR) is 93.5 cm³/mol. The maximum atomic E-state index is 12.0. The van der Waals surface area contributed by atoms with Gasteiger partial charge in [-0.15, -0.1) is 5.10 Å². The van der Waals surface area contributed by atoms with Gasteiger partial charge in [-0.25, -0.2) is 0 Å². The Morgan fingerprint density at radius 2 is 2.26 bits per heavy atom. The monoisotopic (exact) mass is 379 g/mol. The van der Waals surface area contributed by atoms with E-state index in [-0.39, 0.29) is 5.91 Å². The number of aromatic nitrogens is 2. The smallest absolute Gasteiger partial charge is 0.240 e. The van der Waals surface area contributed by atoms with Gasteiger partial charge in [0, 0.05) is 31.5 Å². The fraction of sp³-hybridized carbons (Fsp3) is 0.529. The first-order valence-corrected chi connectivity index (χ1v) is 8.83. The third kappa shape index (κ3) is 4.05. The highest BCUT2D eigenvalue weighted by Gasteiger charge is 2.24. The van der Waals surface area contributed by atoms with Crippen LogP contribution >= 0.6 is 15.9 Å². The standard InChI is InChI=1S/C17H22BrN3O2/c1-20(11-12-5-6-12)16(22)4-3-9-23-17-14-10-13(18)7-8-15(14)21(2)19-17/h7-8,10,12H,3-6,9,11H2,1-2H3. The highest BCUT2D eigenvalue weighted by Crippen LogP contribution is 2.29. The number of nitrogens with zero attached hydrogens (tertiary/aromatic N) is 3. The van der Waals surface area contributed by atoms with Crippen LogP contribution in [0.5, 0.6) is 5.88 Å². The molecule has 0 atom stereocenters. The molecule has 1 aromatic heterocycles. The van der Waals surface area contributed by atoms with Crippen molar-refractivity contribution in [3.63, 3.8) is 0 Å². The fourth-order valence-corrected chi connectivity index (χ4v) is 3.05. The van der Waals surface area contributed by atoms with Gasteiger partial charge in [-0.3, -0.25) is 9.48 Å². The van der Waals surface area contributed by atoms with Gasteiger partial charge in [-0.05, 0) is 43.4 Å². The molecular formula is C17H22BrN3O2. The summed E-state index contributed by atoms with van der Waals surface area (Å²) in [5.74, 6) is 1.57. The lowest BCUT2D eigenvalue weighted by molar-refractivity contribution is -0.130. The normalized spacial score (nSPS) is 14.2. The summed E-state index contributed by atoms with van der Waals surface area (Å²) in [5, 5.41) is 5.39. The summed E-state index contributed by atoms with van der Waals surface area (Å²) in [6, 6.07) is 6.00. The molecule has 0 saturated heterocycles. The first-order chi connectivity index (χ1) is 11.0. The first kappa shape index (κ1) is 16.3. The largest absolute Gasteiger partial charge is 0.476 e. The molecule has 0 aliphatic heterocycles. The lowest BCUT2D eigenvalue weighted by Crippen LogP contribution is -2.28. The number of halogens is 1. The third-order valence-corrected chi connectivity index (χ3v) is 4.70. The van der Waals surface area contributed by atoms with E-state index in [4.69, 9.17) is 4.74 Å². The second kappa shape index (κ2) is 6.91. The molecule has 1 aliphatic carbocycles. The quantitative estimate of drug-likeness (QED) is 0.692. The molecule has 1 heterocycles. The Bertz CT molecular complexity index is 709. The minimum absolute atomic E-state index is 0.203. The number of benzene rings is 1. The zero-order chi connectivity index (χ0) is 16.4. The number of hydrogen-bond acceptors (Lipinski definition) is 3. The Morgan fingerprint density at radius 3 is 3.00 bits per heavy atom. The van der Waals surface area contributed by atoms with Crippen molar-refractivity contribution in [2.75, 3.05) is 20.2 Å². The van der Waals surface area contributed by atoms with Gasteiger partial charge in [0.05, 0.1) is 17.5 Å². The van der Waals surface area contributed by atoms with E-state index in [1.165, 1.54) is 12.8 Å². The lowest BCUT2D eigenvalue weighted by Gasteiger charge is -2.16. The topological polar surface area (TPSA) is 47.4 Å². The van der Waals surface area contributed by atoms with E-state index in [1.807, 2.05) is 41.9 Å². The van der Waals surface area contributed by atoms with Gasteiger partial charge in [0.2, 0.25) is 11.8 Å². The van der Waals surface area contributed by atoms with Crippen molar-refractivity contribution in [2.24, 2.45) is 13.0 Å². The van der Waals surface area contributed by atoms with Crippen molar-refractivity contribution in [1.29, 1.82) is 0 Å². The minimum Gasteiger partial charge on any atom is -0.476 e. The van der Waals surface area contributed by atoms with E-state index >= 15 is 0 Å². The molecule has 124 valence electrons. The van der Waals surface area contributed by atoms with Gasteiger partial charge >= 0.3 is 0 Å². The van der Waals surface area contributed by atoms with E-state index < -0.39 is 0 Å². The number of amides is 1. The highest BCUT2D eigenvalue weighted by atomic mass is 79.9. The summed E-state index contributed by atoms with van der Waals surface area (Å²) in [6.45, 7) is 1.40. The van der Waals surface area contributed by atoms with Crippen molar-refractivity contribution in [3.05, 3.63) is 22.7 Å². The molecule has 2 aromatic rings. The molecule has 0 spiro atoms. The van der Waals surface area contributed by atoms with E-state index in [9.17, 15) is 4.79 Å². The summed E-state index contributed by atoms with van der Waals surface area (Å²) < 4.78 is 8.61. The van der Waals surface area contributed by atoms with Crippen LogP contribution in [0.15, 0.2) is 22.7 Å². The fourth-order valence-electron chi connectivity index (χ4n) is 2.68. The zero-order valence-electron chi connectivity index (χ0n) is 13.6. The van der Waals surface area contributed by atoms with Gasteiger partial charge in [0.25, 0.3) is 0 Å². The number of carbonyl (C=O) groups excluding carboxylic acids is 1. The van der Waals surface area contributed by atoms with Crippen LogP contribution in [0.2, 0.25) is 0 Å². The number of rotatable bonds is 7. The molecule has 0 bridgehead atoms. The van der Waals surface area contributed by atoms with Crippen LogP contribution in [0.3, 0.4) is 0 Å². The molecule has 23 heavy (non-hydrogen) atoms. The molecule has 0 unspecified atom stereocenters. The Morgan fingerprint density at radius 1 is 1.48 bits per heavy atom. The zero-order valence-corrected chi connectivity index (χ0v) is 15.2. The molecule has 1 fully saturated rings. The highest BCUT2D eigenvalue weighted by molar-refractivity contribution is 9.10. The van der Waals surface area contributed by atoms with Crippen molar-refractivity contribution >= 4 is 32.7 Å². The van der Waals surface area contributed by atoms with Crippen molar-refractivity contribution < 1.29 is 9.53 Å². The number of fused-ring (bicyclic) bond motifs is 1. The van der Waals surface area contributed by atoms with E-state index in [0.29, 0.717) is 25.3 Å². The number of carbonyl (C=O) groups is 1. The van der Waals surface area contributed by atoms with Crippen LogP contribution < -0.4 is 4.74 Å². The van der Waals surface area contributed by atoms with Crippen molar-refractivity contribution in [2.45, 2.75) is 25.7 Å². The molecular weight excluding hydrogens is 358 g/mol. The van der Waals surface area contributed by atoms with Crippen LogP contribution in [0.25, 0.3) is 10.9 Å². The van der Waals surface area contributed by atoms with Crippen LogP contribution in [-0.4, -0.2) is 40.8 Å². The Kier molecular flexibility index (Phi) is 4.90. The summed E-state index contributed by atoms with van der Waals surface area (Å²) in [7, 11) is 3.80. The molecule has 1 aliphatic rings. The Labute approximate surface area is 144 Å². The SMILES string of the molecule is CN(CC1CC1)C(=O)CCCOc1nn(C)c2ccc(Br)cc12. The number of ether oxygens (including phenoxy) is 1. The average Bonchev–Trinajstić information content (AvgIpc) is 3.28. The molecule has 5 nitrogen and oxygen atoms in total. The number of hydrogen-bond donors (Lipinski definition) is 0. The maximum absolute atomic E-state index is 12.0. The minimum atomic E-state index is 0.203. The van der Waals surface area contributed by atoms with Gasteiger partial charge in [0.15, 0.2) is 0 Å². The second-order valence-corrected chi connectivity index (χ2v) is 7.18. The Balaban J connectivity index is 1.50. The summed E-state index contributed by atoms with van der Waals surface area (Å²) in [4.78, 5) is 13.9. The molecule has 0 N–H and O–H groups in total. The molecule has 3 rings (SSSR count).